The molecular weight excluding hydrogens is 606 g/mol. The van der Waals surface area contributed by atoms with Gasteiger partial charge in [0.1, 0.15) is 21.5 Å². The largest absolute Gasteiger partial charge is 0.480 e. The molecule has 0 spiro atoms. The normalized spacial score (nSPS) is 17.4. The molecule has 0 radical (unpaired) electrons. The lowest BCUT2D eigenvalue weighted by Gasteiger charge is -2.11. The average molecular weight is 634 g/mol. The van der Waals surface area contributed by atoms with Gasteiger partial charge in [-0.2, -0.15) is 0 Å². The first kappa shape index (κ1) is 32.0. The zero-order valence-corrected chi connectivity index (χ0v) is 25.2. The number of carbonyl (C=O) groups excluding carboxylic acids is 2. The fourth-order valence-corrected chi connectivity index (χ4v) is 5.78. The van der Waals surface area contributed by atoms with Crippen molar-refractivity contribution in [2.45, 2.75) is 40.5 Å². The van der Waals surface area contributed by atoms with Crippen LogP contribution < -0.4 is 9.47 Å². The molecule has 2 aromatic rings. The molecule has 0 bridgehead atoms. The van der Waals surface area contributed by atoms with Gasteiger partial charge in [0, 0.05) is 23.0 Å². The molecule has 216 valence electrons. The Balaban J connectivity index is 0.000000220. The molecule has 0 aromatic heterocycles. The fourth-order valence-electron chi connectivity index (χ4n) is 4.76. The third-order valence-electron chi connectivity index (χ3n) is 6.87. The third kappa shape index (κ3) is 6.68. The molecule has 0 heterocycles. The fraction of sp³-hybridized carbons (Fsp3) is 0.429. The van der Waals surface area contributed by atoms with Crippen molar-refractivity contribution in [3.63, 3.8) is 0 Å². The molecule has 0 saturated carbocycles. The quantitative estimate of drug-likeness (QED) is 0.320. The Bertz CT molecular complexity index is 1270. The Morgan fingerprint density at radius 2 is 1.05 bits per heavy atom. The lowest BCUT2D eigenvalue weighted by Crippen LogP contribution is -2.15. The van der Waals surface area contributed by atoms with Crippen molar-refractivity contribution in [2.24, 2.45) is 23.7 Å². The molecular formula is C28H28Cl4O8. The molecule has 0 fully saturated rings. The van der Waals surface area contributed by atoms with Crippen LogP contribution in [0.1, 0.15) is 59.5 Å². The smallest absolute Gasteiger partial charge is 0.341 e. The van der Waals surface area contributed by atoms with Crippen LogP contribution in [0.3, 0.4) is 0 Å². The van der Waals surface area contributed by atoms with Gasteiger partial charge in [0.15, 0.2) is 24.8 Å². The Morgan fingerprint density at radius 3 is 1.32 bits per heavy atom. The zero-order valence-electron chi connectivity index (χ0n) is 22.1. The molecule has 12 heteroatoms. The number of ether oxygens (including phenoxy) is 2. The van der Waals surface area contributed by atoms with Crippen LogP contribution >= 0.6 is 46.4 Å². The van der Waals surface area contributed by atoms with Crippen molar-refractivity contribution in [1.82, 2.24) is 0 Å². The SMILES string of the molecule is CC(C)C1Cc2cc(OCC(=O)O)c(Cl)c(Cl)c2C1=O.CC(C)C1Cc2cc(OCC(=O)O)c(Cl)c(Cl)c2C1=O. The number of aliphatic carboxylic acids is 2. The van der Waals surface area contributed by atoms with Crippen molar-refractivity contribution >= 4 is 69.9 Å². The number of carbonyl (C=O) groups is 4. The first-order chi connectivity index (χ1) is 18.6. The van der Waals surface area contributed by atoms with E-state index >= 15 is 0 Å². The highest BCUT2D eigenvalue weighted by atomic mass is 35.5. The number of fused-ring (bicyclic) bond motifs is 2. The van der Waals surface area contributed by atoms with Crippen LogP contribution in [0, 0.1) is 23.7 Å². The summed E-state index contributed by atoms with van der Waals surface area (Å²) < 4.78 is 10.2. The summed E-state index contributed by atoms with van der Waals surface area (Å²) in [6.45, 7) is 6.90. The maximum atomic E-state index is 12.3. The average Bonchev–Trinajstić information content (AvgIpc) is 3.38. The van der Waals surface area contributed by atoms with Crippen molar-refractivity contribution in [3.8, 4) is 11.5 Å². The van der Waals surface area contributed by atoms with Crippen LogP contribution in [0.5, 0.6) is 11.5 Å². The molecule has 4 rings (SSSR count). The van der Waals surface area contributed by atoms with Gasteiger partial charge in [-0.15, -0.1) is 0 Å². The van der Waals surface area contributed by atoms with Gasteiger partial charge < -0.3 is 19.7 Å². The standard InChI is InChI=1S/2C14H14Cl2O4/c2*1-6(2)8-3-7-4-9(20-5-10(17)18)12(15)13(16)11(7)14(8)19/h2*4,6,8H,3,5H2,1-2H3,(H,17,18). The minimum absolute atomic E-state index is 0.00770. The van der Waals surface area contributed by atoms with Gasteiger partial charge in [-0.25, -0.2) is 9.59 Å². The predicted molar refractivity (Wildman–Crippen MR) is 152 cm³/mol. The summed E-state index contributed by atoms with van der Waals surface area (Å²) in [6, 6.07) is 3.24. The van der Waals surface area contributed by atoms with Gasteiger partial charge in [0.2, 0.25) is 0 Å². The number of benzene rings is 2. The van der Waals surface area contributed by atoms with E-state index in [0.29, 0.717) is 24.0 Å². The van der Waals surface area contributed by atoms with Crippen LogP contribution in [0.15, 0.2) is 12.1 Å². The second kappa shape index (κ2) is 13.0. The molecule has 2 N–H and O–H groups in total. The number of hydrogen-bond donors (Lipinski definition) is 2. The van der Waals surface area contributed by atoms with E-state index in [2.05, 4.69) is 0 Å². The maximum absolute atomic E-state index is 12.3. The molecule has 2 unspecified atom stereocenters. The van der Waals surface area contributed by atoms with E-state index in [1.54, 1.807) is 12.1 Å². The van der Waals surface area contributed by atoms with Gasteiger partial charge in [-0.05, 0) is 47.9 Å². The molecule has 40 heavy (non-hydrogen) atoms. The zero-order chi connectivity index (χ0) is 30.0. The summed E-state index contributed by atoms with van der Waals surface area (Å²) in [7, 11) is 0. The van der Waals surface area contributed by atoms with E-state index in [4.69, 9.17) is 66.1 Å². The van der Waals surface area contributed by atoms with Gasteiger partial charge in [0.05, 0.1) is 10.0 Å². The predicted octanol–water partition coefficient (Wildman–Crippen LogP) is 6.94. The number of ketones is 2. The molecule has 0 aliphatic heterocycles. The van der Waals surface area contributed by atoms with Gasteiger partial charge in [0.25, 0.3) is 0 Å². The summed E-state index contributed by atoms with van der Waals surface area (Å²) in [5.41, 5.74) is 2.42. The van der Waals surface area contributed by atoms with Gasteiger partial charge in [-0.1, -0.05) is 74.1 Å². The molecule has 8 nitrogen and oxygen atoms in total. The van der Waals surface area contributed by atoms with Crippen LogP contribution in [-0.2, 0) is 22.4 Å². The Morgan fingerprint density at radius 1 is 0.725 bits per heavy atom. The number of carboxylic acid groups (broad SMARTS) is 2. The summed E-state index contributed by atoms with van der Waals surface area (Å²) >= 11 is 24.4. The monoisotopic (exact) mass is 632 g/mol. The summed E-state index contributed by atoms with van der Waals surface area (Å²) in [5.74, 6) is -1.64. The van der Waals surface area contributed by atoms with Crippen LogP contribution in [0.4, 0.5) is 0 Å². The molecule has 0 saturated heterocycles. The number of rotatable bonds is 8. The summed E-state index contributed by atoms with van der Waals surface area (Å²) in [5, 5.41) is 17.7. The summed E-state index contributed by atoms with van der Waals surface area (Å²) in [4.78, 5) is 45.7. The number of halogens is 4. The highest BCUT2D eigenvalue weighted by molar-refractivity contribution is 6.46. The highest BCUT2D eigenvalue weighted by Crippen LogP contribution is 2.45. The van der Waals surface area contributed by atoms with Crippen molar-refractivity contribution in [2.75, 3.05) is 13.2 Å². The minimum atomic E-state index is -1.10. The number of Topliss-reactive ketones (excluding diaryl/α,β-unsaturated/α-hetero) is 2. The molecule has 2 aliphatic rings. The Hall–Kier alpha value is -2.52. The maximum Gasteiger partial charge on any atom is 0.341 e. The van der Waals surface area contributed by atoms with E-state index in [1.807, 2.05) is 27.7 Å². The molecule has 0 amide bonds. The first-order valence-corrected chi connectivity index (χ1v) is 14.0. The van der Waals surface area contributed by atoms with Crippen LogP contribution in [0.25, 0.3) is 0 Å². The van der Waals surface area contributed by atoms with Crippen molar-refractivity contribution in [1.29, 1.82) is 0 Å². The second-order valence-electron chi connectivity index (χ2n) is 10.3. The third-order valence-corrected chi connectivity index (χ3v) is 8.57. The van der Waals surface area contributed by atoms with Crippen molar-refractivity contribution < 1.29 is 38.9 Å². The van der Waals surface area contributed by atoms with Crippen LogP contribution in [-0.4, -0.2) is 46.9 Å². The number of carboxylic acids is 2. The van der Waals surface area contributed by atoms with Gasteiger partial charge >= 0.3 is 11.9 Å². The Kier molecular flexibility index (Phi) is 10.4. The van der Waals surface area contributed by atoms with Gasteiger partial charge in [-0.3, -0.25) is 9.59 Å². The van der Waals surface area contributed by atoms with E-state index in [1.165, 1.54) is 0 Å². The van der Waals surface area contributed by atoms with E-state index in [9.17, 15) is 19.2 Å². The topological polar surface area (TPSA) is 127 Å². The summed E-state index contributed by atoms with van der Waals surface area (Å²) in [6.07, 6.45) is 1.15. The van der Waals surface area contributed by atoms with Crippen LogP contribution in [0.2, 0.25) is 20.1 Å². The van der Waals surface area contributed by atoms with E-state index in [0.717, 1.165) is 11.1 Å². The number of hydrogen-bond acceptors (Lipinski definition) is 6. The van der Waals surface area contributed by atoms with E-state index in [-0.39, 0.29) is 66.8 Å². The molecule has 2 aliphatic carbocycles. The first-order valence-electron chi connectivity index (χ1n) is 12.4. The van der Waals surface area contributed by atoms with Crippen molar-refractivity contribution in [3.05, 3.63) is 54.5 Å². The minimum Gasteiger partial charge on any atom is -0.480 e. The Labute approximate surface area is 251 Å². The highest BCUT2D eigenvalue weighted by Gasteiger charge is 2.37. The van der Waals surface area contributed by atoms with E-state index < -0.39 is 25.2 Å². The lowest BCUT2D eigenvalue weighted by atomic mass is 9.92. The molecule has 2 aromatic carbocycles. The second-order valence-corrected chi connectivity index (χ2v) is 11.8. The lowest BCUT2D eigenvalue weighted by molar-refractivity contribution is -0.140. The molecule has 2 atom stereocenters.